The van der Waals surface area contributed by atoms with E-state index in [-0.39, 0.29) is 12.2 Å². The van der Waals surface area contributed by atoms with Crippen molar-refractivity contribution in [3.63, 3.8) is 0 Å². The Balaban J connectivity index is 1.29. The molecule has 4 aliphatic heterocycles. The first-order chi connectivity index (χ1) is 13.5. The number of piperidine rings is 3. The van der Waals surface area contributed by atoms with E-state index in [0.717, 1.165) is 66.5 Å². The molecule has 3 saturated heterocycles. The van der Waals surface area contributed by atoms with Crippen LogP contribution in [-0.2, 0) is 16.1 Å². The van der Waals surface area contributed by atoms with Gasteiger partial charge in [0.1, 0.15) is 18.2 Å². The molecule has 8 heteroatoms. The fraction of sp³-hybridized carbons (Fsp3) is 0.450. The topological polar surface area (TPSA) is 84.3 Å². The molecule has 0 aliphatic carbocycles. The maximum absolute atomic E-state index is 10.9. The number of aromatic nitrogens is 2. The Morgan fingerprint density at radius 3 is 2.71 bits per heavy atom. The molecule has 7 nitrogen and oxygen atoms in total. The molecule has 3 fully saturated rings. The molecule has 1 aromatic carbocycles. The molecule has 0 spiro atoms. The van der Waals surface area contributed by atoms with E-state index in [0.29, 0.717) is 0 Å². The van der Waals surface area contributed by atoms with Gasteiger partial charge in [-0.15, -0.1) is 0 Å². The van der Waals surface area contributed by atoms with Crippen LogP contribution in [0.25, 0.3) is 0 Å². The van der Waals surface area contributed by atoms with Gasteiger partial charge < -0.3 is 19.6 Å². The molecule has 0 radical (unpaired) electrons. The second-order valence-corrected chi connectivity index (χ2v) is 9.08. The number of nitrogens with zero attached hydrogens (tertiary/aromatic N) is 3. The van der Waals surface area contributed by atoms with E-state index < -0.39 is 5.97 Å². The van der Waals surface area contributed by atoms with E-state index in [9.17, 15) is 4.79 Å². The van der Waals surface area contributed by atoms with Crippen molar-refractivity contribution >= 4 is 29.2 Å². The molecular weight excluding hydrogens is 376 g/mol. The van der Waals surface area contributed by atoms with Crippen molar-refractivity contribution in [1.82, 2.24) is 9.97 Å². The number of quaternary nitrogens is 1. The molecule has 0 saturated carbocycles. The normalized spacial score (nSPS) is 27.6. The smallest absolute Gasteiger partial charge is 0.329 e. The highest BCUT2D eigenvalue weighted by Gasteiger charge is 2.50. The van der Waals surface area contributed by atoms with Crippen molar-refractivity contribution in [1.29, 1.82) is 0 Å². The summed E-state index contributed by atoms with van der Waals surface area (Å²) in [6.07, 6.45) is 6.27. The molecule has 0 atom stereocenters. The van der Waals surface area contributed by atoms with Crippen LogP contribution in [0.2, 0.25) is 0 Å². The Morgan fingerprint density at radius 1 is 1.21 bits per heavy atom. The average Bonchev–Trinajstić information content (AvgIpc) is 2.72. The highest BCUT2D eigenvalue weighted by molar-refractivity contribution is 7.99. The van der Waals surface area contributed by atoms with Crippen LogP contribution in [0.3, 0.4) is 0 Å². The lowest BCUT2D eigenvalue weighted by molar-refractivity contribution is -0.957. The van der Waals surface area contributed by atoms with Crippen LogP contribution in [-0.4, -0.2) is 57.4 Å². The molecule has 2 N–H and O–H groups in total. The monoisotopic (exact) mass is 399 g/mol. The molecule has 0 amide bonds. The Hall–Kier alpha value is -2.16. The summed E-state index contributed by atoms with van der Waals surface area (Å²) in [5, 5.41) is 13.3. The number of rotatable bonds is 5. The lowest BCUT2D eigenvalue weighted by Gasteiger charge is -2.54. The Labute approximate surface area is 167 Å². The molecule has 6 rings (SSSR count). The number of aliphatic carboxylic acids is 1. The lowest BCUT2D eigenvalue weighted by atomic mass is 9.80. The maximum atomic E-state index is 10.9. The third kappa shape index (κ3) is 3.25. The zero-order valence-electron chi connectivity index (χ0n) is 15.6. The zero-order chi connectivity index (χ0) is 19.2. The lowest BCUT2D eigenvalue weighted by Crippen LogP contribution is -2.64. The van der Waals surface area contributed by atoms with Gasteiger partial charge in [0.2, 0.25) is 0 Å². The summed E-state index contributed by atoms with van der Waals surface area (Å²) in [5.74, 6) is -0.0579. The van der Waals surface area contributed by atoms with Crippen LogP contribution in [0.15, 0.2) is 40.5 Å². The van der Waals surface area contributed by atoms with Gasteiger partial charge >= 0.3 is 5.97 Å². The summed E-state index contributed by atoms with van der Waals surface area (Å²) in [7, 11) is 0. The first kappa shape index (κ1) is 17.9. The summed E-state index contributed by atoms with van der Waals surface area (Å²) in [6, 6.07) is 6.63. The average molecular weight is 399 g/mol. The quantitative estimate of drug-likeness (QED) is 0.638. The summed E-state index contributed by atoms with van der Waals surface area (Å²) in [4.78, 5) is 20.8. The number of hydrogen-bond donors (Lipinski definition) is 2. The predicted octanol–water partition coefficient (Wildman–Crippen LogP) is 3.04. The van der Waals surface area contributed by atoms with E-state index in [1.165, 1.54) is 10.5 Å². The van der Waals surface area contributed by atoms with E-state index in [1.54, 1.807) is 24.2 Å². The van der Waals surface area contributed by atoms with Crippen molar-refractivity contribution in [2.45, 2.75) is 41.3 Å². The zero-order valence-corrected chi connectivity index (χ0v) is 16.4. The summed E-state index contributed by atoms with van der Waals surface area (Å²) < 4.78 is 6.86. The van der Waals surface area contributed by atoms with E-state index in [2.05, 4.69) is 33.5 Å². The Kier molecular flexibility index (Phi) is 4.30. The number of benzene rings is 1. The largest absolute Gasteiger partial charge is 0.480 e. The molecule has 1 aromatic heterocycles. The molecule has 2 aromatic rings. The van der Waals surface area contributed by atoms with Crippen LogP contribution in [0.1, 0.15) is 24.8 Å². The van der Waals surface area contributed by atoms with Crippen LogP contribution in [0.5, 0.6) is 0 Å². The minimum Gasteiger partial charge on any atom is -0.480 e. The first-order valence-corrected chi connectivity index (χ1v) is 10.5. The van der Waals surface area contributed by atoms with E-state index in [1.807, 2.05) is 0 Å². The second-order valence-electron chi connectivity index (χ2n) is 8.05. The number of ether oxygens (including phenoxy) is 1. The molecule has 146 valence electrons. The van der Waals surface area contributed by atoms with Crippen molar-refractivity contribution < 1.29 is 19.1 Å². The van der Waals surface area contributed by atoms with Gasteiger partial charge in [-0.3, -0.25) is 0 Å². The number of anilines is 2. The number of carboxylic acids is 1. The summed E-state index contributed by atoms with van der Waals surface area (Å²) in [5.41, 5.74) is 2.20. The minimum absolute atomic E-state index is 0.182. The van der Waals surface area contributed by atoms with E-state index in [4.69, 9.17) is 9.84 Å². The SMILES string of the molecule is O=C(O)COC12CC[N+](Cc3ccc4c(c3)Nc3nccnc3S4)(CC1)CC2. The van der Waals surface area contributed by atoms with Crippen molar-refractivity contribution in [2.24, 2.45) is 0 Å². The first-order valence-electron chi connectivity index (χ1n) is 9.65. The Morgan fingerprint density at radius 2 is 1.96 bits per heavy atom. The second kappa shape index (κ2) is 6.72. The maximum Gasteiger partial charge on any atom is 0.329 e. The van der Waals surface area contributed by atoms with Crippen LogP contribution in [0.4, 0.5) is 11.5 Å². The number of carbonyl (C=O) groups is 1. The van der Waals surface area contributed by atoms with Gasteiger partial charge in [-0.25, -0.2) is 14.8 Å². The number of hydrogen-bond acceptors (Lipinski definition) is 6. The summed E-state index contributed by atoms with van der Waals surface area (Å²) in [6.45, 7) is 3.97. The van der Waals surface area contributed by atoms with Gasteiger partial charge in [0.25, 0.3) is 0 Å². The highest BCUT2D eigenvalue weighted by atomic mass is 32.2. The van der Waals surface area contributed by atoms with Crippen LogP contribution in [0, 0.1) is 0 Å². The highest BCUT2D eigenvalue weighted by Crippen LogP contribution is 2.44. The van der Waals surface area contributed by atoms with Gasteiger partial charge in [-0.2, -0.15) is 0 Å². The third-order valence-electron chi connectivity index (χ3n) is 6.31. The van der Waals surface area contributed by atoms with Crippen molar-refractivity contribution in [3.05, 3.63) is 36.2 Å². The molecule has 4 aliphatic rings. The number of fused-ring (bicyclic) bond motifs is 5. The fourth-order valence-corrected chi connectivity index (χ4v) is 5.55. The van der Waals surface area contributed by atoms with E-state index >= 15 is 0 Å². The predicted molar refractivity (Wildman–Crippen MR) is 105 cm³/mol. The van der Waals surface area contributed by atoms with Crippen LogP contribution >= 0.6 is 11.8 Å². The molecule has 2 bridgehead atoms. The Bertz CT molecular complexity index is 911. The third-order valence-corrected chi connectivity index (χ3v) is 7.38. The molecule has 0 unspecified atom stereocenters. The number of carboxylic acid groups (broad SMARTS) is 1. The molecular formula is C20H23N4O3S+. The van der Waals surface area contributed by atoms with Gasteiger partial charge in [0, 0.05) is 42.1 Å². The van der Waals surface area contributed by atoms with Gasteiger partial charge in [0.05, 0.1) is 30.9 Å². The summed E-state index contributed by atoms with van der Waals surface area (Å²) >= 11 is 1.65. The molecule has 5 heterocycles. The van der Waals surface area contributed by atoms with Crippen molar-refractivity contribution in [3.8, 4) is 0 Å². The van der Waals surface area contributed by atoms with Gasteiger partial charge in [-0.1, -0.05) is 17.8 Å². The van der Waals surface area contributed by atoms with Crippen LogP contribution < -0.4 is 5.32 Å². The molecule has 28 heavy (non-hydrogen) atoms. The number of nitrogens with one attached hydrogen (secondary N) is 1. The van der Waals surface area contributed by atoms with Crippen molar-refractivity contribution in [2.75, 3.05) is 31.6 Å². The standard InChI is InChI=1S/C20H22N4O3S/c25-17(26)13-27-20-3-8-24(9-4-20,10-5-20)12-14-1-2-16-15(11-14)23-18-19(28-16)22-7-6-21-18/h1-2,6-7,11H,3-5,8-10,12-13H2,(H-,21,23,25,26)/p+1. The van der Waals surface area contributed by atoms with Gasteiger partial charge in [-0.05, 0) is 12.1 Å². The fourth-order valence-electron chi connectivity index (χ4n) is 4.67. The minimum atomic E-state index is -0.878. The van der Waals surface area contributed by atoms with Gasteiger partial charge in [0.15, 0.2) is 5.82 Å².